The summed E-state index contributed by atoms with van der Waals surface area (Å²) in [4.78, 5) is 10.5. The summed E-state index contributed by atoms with van der Waals surface area (Å²) in [5, 5.41) is 0. The van der Waals surface area contributed by atoms with E-state index >= 15 is 0 Å². The summed E-state index contributed by atoms with van der Waals surface area (Å²) < 4.78 is 0. The summed E-state index contributed by atoms with van der Waals surface area (Å²) in [7, 11) is 0. The number of hydrogen-bond acceptors (Lipinski definition) is 2. The summed E-state index contributed by atoms with van der Waals surface area (Å²) in [6, 6.07) is 6.24. The summed E-state index contributed by atoms with van der Waals surface area (Å²) >= 11 is 0. The molecule has 94 valence electrons. The number of Topliss-reactive ketones (excluding diaryl/α,β-unsaturated/α-hetero) is 1. The zero-order valence-corrected chi connectivity index (χ0v) is 11.1. The molecule has 1 aliphatic rings. The molecule has 0 fully saturated rings. The van der Waals surface area contributed by atoms with Crippen LogP contribution in [-0.2, 0) is 17.6 Å². The number of carbonyl (C=O) groups excluding carboxylic acids is 1. The highest BCUT2D eigenvalue weighted by molar-refractivity contribution is 5.79. The van der Waals surface area contributed by atoms with Gasteiger partial charge in [0.25, 0.3) is 0 Å². The average molecular weight is 233 g/mol. The van der Waals surface area contributed by atoms with Gasteiger partial charge in [0.2, 0.25) is 0 Å². The summed E-state index contributed by atoms with van der Waals surface area (Å²) in [6.07, 6.45) is 4.45. The largest absolute Gasteiger partial charge is 0.399 e. The third-order valence-corrected chi connectivity index (χ3v) is 3.11. The molecule has 0 aliphatic heterocycles. The molecule has 2 rings (SSSR count). The Kier molecular flexibility index (Phi) is 5.20. The van der Waals surface area contributed by atoms with Crippen LogP contribution in [0.3, 0.4) is 0 Å². The molecule has 0 radical (unpaired) electrons. The number of hydrogen-bond donors (Lipinski definition) is 1. The first-order valence-electron chi connectivity index (χ1n) is 6.44. The maximum absolute atomic E-state index is 10.5. The molecular formula is C15H23NO. The quantitative estimate of drug-likeness (QED) is 0.796. The van der Waals surface area contributed by atoms with E-state index in [4.69, 9.17) is 5.73 Å². The van der Waals surface area contributed by atoms with Crippen LogP contribution in [0.2, 0.25) is 0 Å². The summed E-state index contributed by atoms with van der Waals surface area (Å²) in [5.41, 5.74) is 9.49. The van der Waals surface area contributed by atoms with E-state index in [9.17, 15) is 4.79 Å². The fraction of sp³-hybridized carbons (Fsp3) is 0.533. The van der Waals surface area contributed by atoms with Gasteiger partial charge in [0, 0.05) is 18.0 Å². The third-order valence-electron chi connectivity index (χ3n) is 3.11. The van der Waals surface area contributed by atoms with Crippen LogP contribution < -0.4 is 5.73 Å². The Hall–Kier alpha value is -1.31. The number of nitrogens with two attached hydrogens (primary N) is 1. The fourth-order valence-corrected chi connectivity index (χ4v) is 2.00. The Morgan fingerprint density at radius 1 is 1.29 bits per heavy atom. The van der Waals surface area contributed by atoms with Crippen LogP contribution in [0, 0.1) is 5.92 Å². The molecule has 0 saturated carbocycles. The minimum atomic E-state index is 0.227. The highest BCUT2D eigenvalue weighted by Gasteiger charge is 2.09. The van der Waals surface area contributed by atoms with Crippen LogP contribution in [0.15, 0.2) is 18.2 Å². The highest BCUT2D eigenvalue weighted by atomic mass is 16.1. The molecule has 1 aliphatic carbocycles. The Bertz CT molecular complexity index is 383. The number of aryl methyl sites for hydroxylation is 2. The van der Waals surface area contributed by atoms with E-state index in [2.05, 4.69) is 12.1 Å². The number of fused-ring (bicyclic) bond motifs is 1. The van der Waals surface area contributed by atoms with Crippen LogP contribution in [0.1, 0.15) is 44.7 Å². The highest BCUT2D eigenvalue weighted by Crippen LogP contribution is 2.23. The van der Waals surface area contributed by atoms with Crippen molar-refractivity contribution in [3.05, 3.63) is 29.3 Å². The number of nitrogen functional groups attached to an aromatic ring is 1. The molecule has 0 bridgehead atoms. The van der Waals surface area contributed by atoms with Crippen LogP contribution in [0.4, 0.5) is 5.69 Å². The van der Waals surface area contributed by atoms with Crippen molar-refractivity contribution in [2.45, 2.75) is 46.5 Å². The molecule has 2 heteroatoms. The lowest BCUT2D eigenvalue weighted by atomic mass is 10.1. The Morgan fingerprint density at radius 2 is 1.94 bits per heavy atom. The first kappa shape index (κ1) is 13.8. The standard InChI is InChI=1S/C9H11N.C6H12O/c10-9-5-4-7-2-1-3-8(7)6-9;1-4-6(7)5(2)3/h4-6H,1-3,10H2;5H,4H2,1-3H3. The van der Waals surface area contributed by atoms with E-state index < -0.39 is 0 Å². The van der Waals surface area contributed by atoms with Gasteiger partial charge in [0.1, 0.15) is 5.78 Å². The molecule has 0 unspecified atom stereocenters. The third kappa shape index (κ3) is 4.22. The van der Waals surface area contributed by atoms with Crippen molar-refractivity contribution in [1.29, 1.82) is 0 Å². The lowest BCUT2D eigenvalue weighted by molar-refractivity contribution is -0.121. The van der Waals surface area contributed by atoms with Gasteiger partial charge in [-0.25, -0.2) is 0 Å². The average Bonchev–Trinajstić information content (AvgIpc) is 2.75. The van der Waals surface area contributed by atoms with Gasteiger partial charge in [-0.05, 0) is 42.5 Å². The molecule has 0 heterocycles. The molecule has 2 nitrogen and oxygen atoms in total. The normalized spacial score (nSPS) is 12.9. The predicted octanol–water partition coefficient (Wildman–Crippen LogP) is 3.38. The molecular weight excluding hydrogens is 210 g/mol. The van der Waals surface area contributed by atoms with E-state index in [1.165, 1.54) is 30.4 Å². The van der Waals surface area contributed by atoms with Crippen molar-refractivity contribution in [1.82, 2.24) is 0 Å². The van der Waals surface area contributed by atoms with E-state index in [1.807, 2.05) is 26.8 Å². The number of benzene rings is 1. The van der Waals surface area contributed by atoms with Crippen LogP contribution in [0.25, 0.3) is 0 Å². The van der Waals surface area contributed by atoms with Crippen molar-refractivity contribution in [3.63, 3.8) is 0 Å². The van der Waals surface area contributed by atoms with E-state index in [1.54, 1.807) is 0 Å². The minimum absolute atomic E-state index is 0.227. The SMILES string of the molecule is CCC(=O)C(C)C.Nc1ccc2c(c1)CCC2. The van der Waals surface area contributed by atoms with Crippen molar-refractivity contribution in [3.8, 4) is 0 Å². The Labute approximate surface area is 104 Å². The fourth-order valence-electron chi connectivity index (χ4n) is 2.00. The van der Waals surface area contributed by atoms with Gasteiger partial charge in [-0.3, -0.25) is 4.79 Å². The molecule has 2 N–H and O–H groups in total. The zero-order chi connectivity index (χ0) is 12.8. The molecule has 0 aromatic heterocycles. The number of anilines is 1. The number of carbonyl (C=O) groups is 1. The summed E-state index contributed by atoms with van der Waals surface area (Å²) in [5.74, 6) is 0.574. The Balaban J connectivity index is 0.000000185. The second-order valence-corrected chi connectivity index (χ2v) is 4.86. The lowest BCUT2D eigenvalue weighted by Gasteiger charge is -1.98. The minimum Gasteiger partial charge on any atom is -0.399 e. The second kappa shape index (κ2) is 6.43. The lowest BCUT2D eigenvalue weighted by Crippen LogP contribution is -2.03. The summed E-state index contributed by atoms with van der Waals surface area (Å²) in [6.45, 7) is 5.74. The molecule has 0 atom stereocenters. The van der Waals surface area contributed by atoms with Crippen molar-refractivity contribution < 1.29 is 4.79 Å². The van der Waals surface area contributed by atoms with E-state index in [0.29, 0.717) is 12.2 Å². The second-order valence-electron chi connectivity index (χ2n) is 4.86. The number of rotatable bonds is 2. The van der Waals surface area contributed by atoms with Crippen molar-refractivity contribution in [2.75, 3.05) is 5.73 Å². The molecule has 1 aromatic carbocycles. The van der Waals surface area contributed by atoms with Gasteiger partial charge < -0.3 is 5.73 Å². The number of ketones is 1. The molecule has 0 spiro atoms. The smallest absolute Gasteiger partial charge is 0.135 e. The van der Waals surface area contributed by atoms with Gasteiger partial charge in [-0.15, -0.1) is 0 Å². The van der Waals surface area contributed by atoms with Gasteiger partial charge >= 0.3 is 0 Å². The van der Waals surface area contributed by atoms with Crippen molar-refractivity contribution in [2.24, 2.45) is 5.92 Å². The maximum atomic E-state index is 10.5. The maximum Gasteiger partial charge on any atom is 0.135 e. The van der Waals surface area contributed by atoms with Gasteiger partial charge in [0.05, 0.1) is 0 Å². The topological polar surface area (TPSA) is 43.1 Å². The zero-order valence-electron chi connectivity index (χ0n) is 11.1. The van der Waals surface area contributed by atoms with Crippen LogP contribution in [0.5, 0.6) is 0 Å². The van der Waals surface area contributed by atoms with E-state index in [0.717, 1.165) is 5.69 Å². The van der Waals surface area contributed by atoms with Gasteiger partial charge in [-0.2, -0.15) is 0 Å². The Morgan fingerprint density at radius 3 is 2.47 bits per heavy atom. The van der Waals surface area contributed by atoms with E-state index in [-0.39, 0.29) is 5.92 Å². The first-order chi connectivity index (χ1) is 8.04. The molecule has 0 amide bonds. The molecule has 0 saturated heterocycles. The van der Waals surface area contributed by atoms with Crippen molar-refractivity contribution >= 4 is 11.5 Å². The van der Waals surface area contributed by atoms with Gasteiger partial charge in [0.15, 0.2) is 0 Å². The van der Waals surface area contributed by atoms with Crippen LogP contribution in [-0.4, -0.2) is 5.78 Å². The molecule has 1 aromatic rings. The van der Waals surface area contributed by atoms with Crippen LogP contribution >= 0.6 is 0 Å². The van der Waals surface area contributed by atoms with Gasteiger partial charge in [-0.1, -0.05) is 26.8 Å². The monoisotopic (exact) mass is 233 g/mol. The molecule has 17 heavy (non-hydrogen) atoms. The predicted molar refractivity (Wildman–Crippen MR) is 73.0 cm³/mol. The first-order valence-corrected chi connectivity index (χ1v) is 6.44.